The number of benzene rings is 3. The second kappa shape index (κ2) is 54.2. The normalized spacial score (nSPS) is 12.1. The number of aromatic nitrogens is 12. The Morgan fingerprint density at radius 3 is 1.32 bits per heavy atom. The fraction of sp³-hybridized carbons (Fsp3) is 0.263. The van der Waals surface area contributed by atoms with Crippen LogP contribution in [0, 0.1) is 23.9 Å². The summed E-state index contributed by atoms with van der Waals surface area (Å²) in [7, 11) is 3.91. The first kappa shape index (κ1) is 113. The van der Waals surface area contributed by atoms with Crippen molar-refractivity contribution in [1.29, 1.82) is 0 Å². The Balaban J connectivity index is 0.000000191. The zero-order chi connectivity index (χ0) is 97.1. The standard InChI is InChI=1S/C17H10BrFN2OS.C17H11FN2OS.C14H16BFO2S.C9H7BrN2O.C9H8N2O.C7H4Br2N2.C7H5BrN2.C4H7O.3C4H9.C3H7.BHNS.ClH.Mg.Sn/c18-8-14(22)15-13-6-1-2-7-21(13)17(20-15)11-9-23-16-10(11)4-3-5-12(16)19;1-10(21)15-14-7-2-3-8-20(14)17(19-15)12-9-22-16-11(12)5-4-6-13(16)18;1-13(2)14(3,4)18-15(17-13)10-8-19-12-9(10)6-5-7-11(12)16;1-6(13)8-7-4-2-3-5-12(7)9(10)11-8;1-7(12)9-8-4-2-3-5-11(8)6-10-9;8-6-5-3-1-2-4-11(5)7(9)10-6;8-7-6-3-1-2-4-10(6)5-9-7;1-3-5-4-2;3*1-3-4-2;1-3-2;1-2-3;;;/h1-7,9H,8H2;2-9H,1H3;5-8H,1-4H3;2-5H,1H3;2-6H,1H3;1-4H;1-5H;1,4H2,2H3;3*1,3-4H2,2H3;3H,1-2H3;3H;1H;;/q;;;;;;;;;;;-1;;;+2;/p-1. The molecule has 15 aromatic heterocycles. The smallest absolute Gasteiger partial charge is 1.00 e. The third-order valence-electron chi connectivity index (χ3n) is 21.9. The largest absolute Gasteiger partial charge is 2.00 e. The second-order valence-corrected chi connectivity index (χ2v) is 51.2. The number of unbranched alkanes of at least 4 members (excludes halogenated alkanes) is 3. The van der Waals surface area contributed by atoms with Crippen LogP contribution in [-0.2, 0) is 14.0 Å². The van der Waals surface area contributed by atoms with Gasteiger partial charge in [-0.25, -0.2) is 43.1 Å². The molecule has 0 unspecified atom stereocenters. The van der Waals surface area contributed by atoms with Crippen LogP contribution >= 0.6 is 126 Å². The number of pyridine rings is 6. The van der Waals surface area contributed by atoms with Crippen molar-refractivity contribution in [3.8, 4) is 22.8 Å². The van der Waals surface area contributed by atoms with Crippen molar-refractivity contribution in [2.75, 3.05) is 11.9 Å². The van der Waals surface area contributed by atoms with E-state index in [2.05, 4.69) is 169 Å². The van der Waals surface area contributed by atoms with Gasteiger partial charge in [-0.2, -0.15) is 13.8 Å². The first-order valence-corrected chi connectivity index (χ1v) is 58.0. The van der Waals surface area contributed by atoms with Gasteiger partial charge < -0.3 is 36.9 Å². The molecule has 705 valence electrons. The number of imidazole rings is 6. The summed E-state index contributed by atoms with van der Waals surface area (Å²) in [6.07, 6.45) is 24.9. The molecule has 0 N–H and O–H groups in total. The number of thiol groups is 1. The van der Waals surface area contributed by atoms with Gasteiger partial charge in [-0.15, -0.1) is 34.0 Å². The van der Waals surface area contributed by atoms with E-state index in [0.29, 0.717) is 53.3 Å². The quantitative estimate of drug-likeness (QED) is 0.0188. The van der Waals surface area contributed by atoms with E-state index in [1.54, 1.807) is 30.9 Å². The van der Waals surface area contributed by atoms with Crippen LogP contribution in [0.1, 0.15) is 170 Å². The number of ketones is 4. The van der Waals surface area contributed by atoms with Crippen molar-refractivity contribution in [3.05, 3.63) is 305 Å². The summed E-state index contributed by atoms with van der Waals surface area (Å²) in [4.78, 5) is 71.6. The molecule has 1 saturated heterocycles. The monoisotopic (exact) mass is 2370 g/mol. The van der Waals surface area contributed by atoms with Gasteiger partial charge in [-0.1, -0.05) is 88.7 Å². The molecule has 37 heteroatoms. The van der Waals surface area contributed by atoms with E-state index >= 15 is 0 Å². The Morgan fingerprint density at radius 1 is 0.507 bits per heavy atom. The molecule has 3 aromatic carbocycles. The van der Waals surface area contributed by atoms with Gasteiger partial charge in [0.05, 0.1) is 63.7 Å². The maximum absolute atomic E-state index is 13.9. The number of carbonyl (C=O) groups is 4. The van der Waals surface area contributed by atoms with Gasteiger partial charge in [0.25, 0.3) is 0 Å². The van der Waals surface area contributed by atoms with E-state index in [1.807, 2.05) is 255 Å². The summed E-state index contributed by atoms with van der Waals surface area (Å²) in [5.74, 6) is 0.479. The third kappa shape index (κ3) is 27.9. The molecule has 136 heavy (non-hydrogen) atoms. The molecule has 16 heterocycles. The fourth-order valence-electron chi connectivity index (χ4n) is 14.6. The average molecular weight is 2370 g/mol. The zero-order valence-corrected chi connectivity index (χ0v) is 93.9. The van der Waals surface area contributed by atoms with Gasteiger partial charge in [-0.3, -0.25) is 36.8 Å². The molecule has 20 nitrogen and oxygen atoms in total. The molecule has 0 bridgehead atoms. The van der Waals surface area contributed by atoms with Gasteiger partial charge in [0.1, 0.15) is 73.7 Å². The number of nitrogens with zero attached hydrogens (tertiary/aromatic N) is 13. The van der Waals surface area contributed by atoms with E-state index in [1.165, 1.54) is 129 Å². The first-order chi connectivity index (χ1) is 64.3. The maximum atomic E-state index is 13.9. The Labute approximate surface area is 877 Å². The minimum absolute atomic E-state index is 0. The Kier molecular flexibility index (Phi) is 45.2. The fourth-order valence-corrected chi connectivity index (χ4v) is 34.5. The third-order valence-corrected chi connectivity index (χ3v) is 42.8. The molecule has 0 amide bonds. The number of fused-ring (bicyclic) bond motifs is 9. The average Bonchev–Trinajstić information content (AvgIpc) is 1.61. The van der Waals surface area contributed by atoms with Crippen molar-refractivity contribution < 1.29 is 58.8 Å². The predicted octanol–water partition coefficient (Wildman–Crippen LogP) is 25.6. The molecular formula is C99H103B2Br5ClF3MgN13O7S4Sn. The number of rotatable bonds is 20. The summed E-state index contributed by atoms with van der Waals surface area (Å²) in [6.45, 7) is 30.8. The summed E-state index contributed by atoms with van der Waals surface area (Å²) in [5, 5.41) is 8.42. The minimum atomic E-state index is -2.24. The number of ether oxygens (including phenoxy) is 1. The Bertz CT molecular complexity index is 7020. The van der Waals surface area contributed by atoms with E-state index in [0.717, 1.165) is 86.4 Å². The molecule has 0 saturated carbocycles. The number of thiophene rings is 3. The topological polar surface area (TPSA) is 212 Å². The van der Waals surface area contributed by atoms with Crippen LogP contribution in [0.4, 0.5) is 13.2 Å². The van der Waals surface area contributed by atoms with Crippen LogP contribution in [0.25, 0.3) is 86.1 Å². The van der Waals surface area contributed by atoms with Gasteiger partial charge >= 0.3 is 175 Å². The van der Waals surface area contributed by atoms with Crippen molar-refractivity contribution in [2.24, 2.45) is 4.30 Å². The van der Waals surface area contributed by atoms with Crippen LogP contribution in [0.3, 0.4) is 0 Å². The number of hydrogen-bond acceptors (Lipinski definition) is 18. The molecule has 1 fully saturated rings. The van der Waals surface area contributed by atoms with Gasteiger partial charge in [-0.05, 0) is 193 Å². The molecule has 1 radical (unpaired) electrons. The molecule has 0 atom stereocenters. The zero-order valence-electron chi connectivity index (χ0n) is 77.6. The minimum Gasteiger partial charge on any atom is -1.00 e. The number of Topliss-reactive ketones (excluding diaryl/α,β-unsaturated/α-hetero) is 4. The summed E-state index contributed by atoms with van der Waals surface area (Å²) in [5.41, 5.74) is 9.13. The number of halogens is 9. The molecule has 0 spiro atoms. The van der Waals surface area contributed by atoms with E-state index in [9.17, 15) is 32.3 Å². The molecular weight excluding hydrogens is 2270 g/mol. The number of carbonyl (C=O) groups excluding carboxylic acids is 4. The van der Waals surface area contributed by atoms with E-state index in [-0.39, 0.29) is 92.6 Å². The first-order valence-electron chi connectivity index (χ1n) is 43.2. The predicted molar refractivity (Wildman–Crippen MR) is 573 cm³/mol. The van der Waals surface area contributed by atoms with Crippen molar-refractivity contribution >= 4 is 275 Å². The van der Waals surface area contributed by atoms with Crippen molar-refractivity contribution in [3.63, 3.8) is 0 Å². The van der Waals surface area contributed by atoms with Crippen molar-refractivity contribution in [1.82, 2.24) is 56.3 Å². The molecule has 19 rings (SSSR count). The van der Waals surface area contributed by atoms with Crippen molar-refractivity contribution in [2.45, 2.75) is 153 Å². The van der Waals surface area contributed by atoms with E-state index < -0.39 is 25.5 Å². The van der Waals surface area contributed by atoms with Gasteiger partial charge in [0.2, 0.25) is 0 Å². The number of hydrogen-bond donors (Lipinski definition) is 1. The summed E-state index contributed by atoms with van der Waals surface area (Å²) >= 11 is 21.5. The van der Waals surface area contributed by atoms with Gasteiger partial charge in [0, 0.05) is 96.1 Å². The second-order valence-electron chi connectivity index (χ2n) is 31.7. The van der Waals surface area contributed by atoms with Crippen LogP contribution in [0.5, 0.6) is 0 Å². The summed E-state index contributed by atoms with van der Waals surface area (Å²) < 4.78 is 84.3. The maximum Gasteiger partial charge on any atom is 2.00 e. The molecule has 1 aliphatic rings. The van der Waals surface area contributed by atoms with Crippen LogP contribution in [0.15, 0.2) is 263 Å². The van der Waals surface area contributed by atoms with Gasteiger partial charge in [0.15, 0.2) is 32.6 Å². The molecule has 18 aromatic rings. The van der Waals surface area contributed by atoms with Crippen LogP contribution < -0.4 is 17.9 Å². The van der Waals surface area contributed by atoms with E-state index in [4.69, 9.17) is 14.0 Å². The van der Waals surface area contributed by atoms with Crippen LogP contribution in [0.2, 0.25) is 13.3 Å². The summed E-state index contributed by atoms with van der Waals surface area (Å²) in [6, 6.07) is 49.6. The number of alkyl halides is 1. The Hall–Kier alpha value is -7.86. The molecule has 1 aliphatic heterocycles. The van der Waals surface area contributed by atoms with Crippen LogP contribution in [-0.4, -0.2) is 159 Å². The molecule has 0 aliphatic carbocycles. The Morgan fingerprint density at radius 2 is 0.875 bits per heavy atom. The SMILES string of the molecule is Brc1nc(Br)n2ccccc12.Brc1ncn2ccccc12.C=[C](OCC)[Sn]([CH2]CCC)([CH2]CCC)[CH2]CCC.CC(=O)c1nc(-c2csc3c(F)cccc23)n2ccccc12.CC(=O)c1nc(Br)n2ccccc12.CC(=O)c1ncn2ccccc12.CC1(C)OB(c2csc3c(F)cccc23)OC1(C)C.C[CH-]C.O=C(CBr)c1nc(-c2csc3c(F)cccc23)n2ccccc12.[B]=NS.[Cl-].[Mg+2].